The van der Waals surface area contributed by atoms with Gasteiger partial charge in [-0.1, -0.05) is 13.3 Å². The van der Waals surface area contributed by atoms with E-state index in [1.165, 1.54) is 11.3 Å². The van der Waals surface area contributed by atoms with E-state index in [0.29, 0.717) is 18.9 Å². The summed E-state index contributed by atoms with van der Waals surface area (Å²) in [6.45, 7) is 4.27. The van der Waals surface area contributed by atoms with Gasteiger partial charge in [0.05, 0.1) is 0 Å². The molecule has 0 bridgehead atoms. The van der Waals surface area contributed by atoms with Crippen LogP contribution in [0.5, 0.6) is 0 Å². The van der Waals surface area contributed by atoms with E-state index >= 15 is 0 Å². The van der Waals surface area contributed by atoms with Gasteiger partial charge in [-0.25, -0.2) is 14.6 Å². The normalized spacial score (nSPS) is 29.0. The monoisotopic (exact) mass is 269 g/mol. The zero-order valence-corrected chi connectivity index (χ0v) is 11.5. The number of urea groups is 1. The molecule has 108 valence electrons. The number of hydrogen-bond donors (Lipinski definition) is 2. The highest BCUT2D eigenvalue weighted by molar-refractivity contribution is 5.82. The molecule has 2 saturated heterocycles. The molecule has 2 heterocycles. The van der Waals surface area contributed by atoms with E-state index < -0.39 is 12.0 Å². The van der Waals surface area contributed by atoms with Crippen molar-refractivity contribution in [1.29, 1.82) is 0 Å². The summed E-state index contributed by atoms with van der Waals surface area (Å²) in [5.41, 5.74) is 2.85. The second kappa shape index (κ2) is 6.23. The maximum atomic E-state index is 12.2. The molecular formula is C13H23N3O3. The first-order valence-corrected chi connectivity index (χ1v) is 7.13. The lowest BCUT2D eigenvalue weighted by Crippen LogP contribution is -2.57. The number of aliphatic carboxylic acids is 1. The number of carboxylic acid groups (broad SMARTS) is 1. The molecule has 2 rings (SSSR count). The first-order chi connectivity index (χ1) is 9.08. The summed E-state index contributed by atoms with van der Waals surface area (Å²) in [6, 6.07) is -0.949. The molecule has 19 heavy (non-hydrogen) atoms. The summed E-state index contributed by atoms with van der Waals surface area (Å²) < 4.78 is 0. The average molecular weight is 269 g/mol. The van der Waals surface area contributed by atoms with Crippen LogP contribution >= 0.6 is 0 Å². The maximum absolute atomic E-state index is 12.2. The highest BCUT2D eigenvalue weighted by Crippen LogP contribution is 2.22. The summed E-state index contributed by atoms with van der Waals surface area (Å²) in [7, 11) is 0. The van der Waals surface area contributed by atoms with Crippen molar-refractivity contribution >= 4 is 12.0 Å². The summed E-state index contributed by atoms with van der Waals surface area (Å²) in [5.74, 6) is -0.541. The number of nitrogens with one attached hydrogen (secondary N) is 1. The second-order valence-corrected chi connectivity index (χ2v) is 5.64. The molecule has 2 atom stereocenters. The van der Waals surface area contributed by atoms with Crippen LogP contribution in [0, 0.1) is 5.92 Å². The Hall–Kier alpha value is -1.30. The number of hydrazine groups is 1. The van der Waals surface area contributed by atoms with Gasteiger partial charge in [-0.15, -0.1) is 0 Å². The highest BCUT2D eigenvalue weighted by Gasteiger charge is 2.35. The Kier molecular flexibility index (Phi) is 4.63. The molecule has 0 spiro atoms. The minimum Gasteiger partial charge on any atom is -0.480 e. The van der Waals surface area contributed by atoms with Crippen molar-refractivity contribution in [3.05, 3.63) is 0 Å². The van der Waals surface area contributed by atoms with Crippen LogP contribution in [-0.2, 0) is 4.79 Å². The molecule has 6 heteroatoms. The van der Waals surface area contributed by atoms with Gasteiger partial charge in [-0.2, -0.15) is 0 Å². The van der Waals surface area contributed by atoms with Gasteiger partial charge in [0.1, 0.15) is 6.04 Å². The fourth-order valence-corrected chi connectivity index (χ4v) is 2.82. The quantitative estimate of drug-likeness (QED) is 0.792. The van der Waals surface area contributed by atoms with Gasteiger partial charge < -0.3 is 10.0 Å². The van der Waals surface area contributed by atoms with E-state index in [9.17, 15) is 14.7 Å². The number of piperidine rings is 2. The topological polar surface area (TPSA) is 72.9 Å². The number of amides is 2. The molecule has 2 aliphatic rings. The zero-order valence-electron chi connectivity index (χ0n) is 11.5. The Bertz CT molecular complexity index is 342. The fraction of sp³-hybridized carbons (Fsp3) is 0.846. The van der Waals surface area contributed by atoms with E-state index in [1.807, 2.05) is 11.9 Å². The van der Waals surface area contributed by atoms with Gasteiger partial charge in [0.15, 0.2) is 0 Å². The largest absolute Gasteiger partial charge is 0.480 e. The van der Waals surface area contributed by atoms with Crippen LogP contribution in [0.2, 0.25) is 0 Å². The summed E-state index contributed by atoms with van der Waals surface area (Å²) in [5, 5.41) is 11.2. The Morgan fingerprint density at radius 2 is 1.84 bits per heavy atom. The average Bonchev–Trinajstić information content (AvgIpc) is 2.39. The van der Waals surface area contributed by atoms with Crippen molar-refractivity contribution in [2.75, 3.05) is 19.6 Å². The number of hydrogen-bond acceptors (Lipinski definition) is 3. The molecule has 6 nitrogen and oxygen atoms in total. The van der Waals surface area contributed by atoms with Crippen molar-refractivity contribution in [3.8, 4) is 0 Å². The van der Waals surface area contributed by atoms with Crippen LogP contribution in [0.4, 0.5) is 4.79 Å². The molecular weight excluding hydrogens is 246 g/mol. The van der Waals surface area contributed by atoms with Gasteiger partial charge in [0.25, 0.3) is 0 Å². The van der Waals surface area contributed by atoms with Crippen LogP contribution in [0.25, 0.3) is 0 Å². The predicted molar refractivity (Wildman–Crippen MR) is 70.5 cm³/mol. The smallest absolute Gasteiger partial charge is 0.332 e. The summed E-state index contributed by atoms with van der Waals surface area (Å²) in [6.07, 6.45) is 4.78. The van der Waals surface area contributed by atoms with Crippen LogP contribution in [0.1, 0.15) is 39.0 Å². The van der Waals surface area contributed by atoms with Crippen molar-refractivity contribution < 1.29 is 14.7 Å². The maximum Gasteiger partial charge on any atom is 0.332 e. The summed E-state index contributed by atoms with van der Waals surface area (Å²) in [4.78, 5) is 24.9. The number of carboxylic acids is 1. The lowest BCUT2D eigenvalue weighted by atomic mass is 9.93. The molecule has 2 fully saturated rings. The first kappa shape index (κ1) is 14.1. The minimum atomic E-state index is -0.902. The van der Waals surface area contributed by atoms with Gasteiger partial charge in [-0.05, 0) is 31.6 Å². The Balaban J connectivity index is 1.93. The Morgan fingerprint density at radius 1 is 1.16 bits per heavy atom. The molecule has 0 aromatic heterocycles. The molecule has 0 saturated carbocycles. The number of carbonyl (C=O) groups is 2. The number of carbonyl (C=O) groups excluding carboxylic acids is 1. The summed E-state index contributed by atoms with van der Waals surface area (Å²) >= 11 is 0. The van der Waals surface area contributed by atoms with E-state index in [1.54, 1.807) is 0 Å². The van der Waals surface area contributed by atoms with E-state index in [2.05, 4.69) is 5.43 Å². The predicted octanol–water partition coefficient (Wildman–Crippen LogP) is 1.28. The van der Waals surface area contributed by atoms with Crippen LogP contribution in [0.3, 0.4) is 0 Å². The molecule has 0 aromatic carbocycles. The van der Waals surface area contributed by atoms with Crippen LogP contribution in [0.15, 0.2) is 0 Å². The third-order valence-corrected chi connectivity index (χ3v) is 4.02. The van der Waals surface area contributed by atoms with E-state index in [-0.39, 0.29) is 6.03 Å². The molecule has 0 aliphatic carbocycles. The van der Waals surface area contributed by atoms with Gasteiger partial charge in [0, 0.05) is 19.6 Å². The SMILES string of the molecule is CC1CCN(C(=O)NN2CCCCC2)C(C(=O)O)C1. The Labute approximate surface area is 113 Å². The van der Waals surface area contributed by atoms with Crippen LogP contribution < -0.4 is 5.43 Å². The zero-order chi connectivity index (χ0) is 13.8. The van der Waals surface area contributed by atoms with E-state index in [0.717, 1.165) is 32.4 Å². The molecule has 2 aliphatic heterocycles. The second-order valence-electron chi connectivity index (χ2n) is 5.64. The van der Waals surface area contributed by atoms with Gasteiger partial charge in [0.2, 0.25) is 0 Å². The van der Waals surface area contributed by atoms with Gasteiger partial charge in [-0.3, -0.25) is 5.43 Å². The van der Waals surface area contributed by atoms with E-state index in [4.69, 9.17) is 0 Å². The third-order valence-electron chi connectivity index (χ3n) is 4.02. The molecule has 2 N–H and O–H groups in total. The van der Waals surface area contributed by atoms with Crippen LogP contribution in [-0.4, -0.2) is 52.7 Å². The molecule has 0 aromatic rings. The minimum absolute atomic E-state index is 0.263. The lowest BCUT2D eigenvalue weighted by Gasteiger charge is -2.37. The van der Waals surface area contributed by atoms with Crippen molar-refractivity contribution in [2.24, 2.45) is 5.92 Å². The number of likely N-dealkylation sites (tertiary alicyclic amines) is 1. The number of rotatable bonds is 2. The first-order valence-electron chi connectivity index (χ1n) is 7.13. The van der Waals surface area contributed by atoms with Crippen molar-refractivity contribution in [3.63, 3.8) is 0 Å². The lowest BCUT2D eigenvalue weighted by molar-refractivity contribution is -0.144. The van der Waals surface area contributed by atoms with Crippen molar-refractivity contribution in [2.45, 2.75) is 45.1 Å². The fourth-order valence-electron chi connectivity index (χ4n) is 2.82. The third kappa shape index (κ3) is 3.59. The van der Waals surface area contributed by atoms with Gasteiger partial charge >= 0.3 is 12.0 Å². The number of nitrogens with zero attached hydrogens (tertiary/aromatic N) is 2. The molecule has 2 amide bonds. The van der Waals surface area contributed by atoms with Crippen molar-refractivity contribution in [1.82, 2.24) is 15.3 Å². The Morgan fingerprint density at radius 3 is 2.47 bits per heavy atom. The molecule has 0 radical (unpaired) electrons. The highest BCUT2D eigenvalue weighted by atomic mass is 16.4. The molecule has 2 unspecified atom stereocenters. The standard InChI is InChI=1S/C13H23N3O3/c1-10-5-8-16(11(9-10)12(17)18)13(19)14-15-6-3-2-4-7-15/h10-11H,2-9H2,1H3,(H,14,19)(H,17,18).